The highest BCUT2D eigenvalue weighted by atomic mass is 32.2. The van der Waals surface area contributed by atoms with Gasteiger partial charge >= 0.3 is 0 Å². The van der Waals surface area contributed by atoms with Crippen molar-refractivity contribution in [3.63, 3.8) is 0 Å². The lowest BCUT2D eigenvalue weighted by Crippen LogP contribution is -2.21. The molecule has 1 N–H and O–H groups in total. The molecule has 0 heterocycles. The average molecular weight is 196 g/mol. The summed E-state index contributed by atoms with van der Waals surface area (Å²) in [6.45, 7) is 1.99. The minimum Gasteiger partial charge on any atom is -0.760 e. The summed E-state index contributed by atoms with van der Waals surface area (Å²) in [6, 6.07) is 0. The fourth-order valence-electron chi connectivity index (χ4n) is 0.605. The van der Waals surface area contributed by atoms with Gasteiger partial charge in [-0.25, -0.2) is 4.72 Å². The van der Waals surface area contributed by atoms with Crippen LogP contribution in [0, 0.1) is 0 Å². The Hall–Kier alpha value is -0.0100. The largest absolute Gasteiger partial charge is 0.760 e. The highest BCUT2D eigenvalue weighted by Gasteiger charge is 1.88. The van der Waals surface area contributed by atoms with Crippen molar-refractivity contribution in [1.82, 2.24) is 4.72 Å². The molecule has 0 bridgehead atoms. The zero-order valence-electron chi connectivity index (χ0n) is 7.08. The second-order valence-electron chi connectivity index (χ2n) is 2.09. The van der Waals surface area contributed by atoms with Crippen LogP contribution >= 0.6 is 0 Å². The van der Waals surface area contributed by atoms with Crippen molar-refractivity contribution in [1.29, 1.82) is 0 Å². The van der Waals surface area contributed by atoms with E-state index < -0.39 is 11.3 Å². The van der Waals surface area contributed by atoms with Crippen LogP contribution in [-0.2, 0) is 20.7 Å². The third kappa shape index (κ3) is 9.99. The lowest BCUT2D eigenvalue weighted by molar-refractivity contribution is 0.106. The second kappa shape index (κ2) is 9.08. The number of ether oxygens (including phenoxy) is 2. The lowest BCUT2D eigenvalue weighted by atomic mass is 10.5. The van der Waals surface area contributed by atoms with Gasteiger partial charge in [0.05, 0.1) is 6.61 Å². The molecule has 0 amide bonds. The first kappa shape index (κ1) is 12.0. The second-order valence-corrected chi connectivity index (χ2v) is 2.85. The zero-order valence-corrected chi connectivity index (χ0v) is 7.89. The smallest absolute Gasteiger partial charge is 0.0600 e. The Labute approximate surface area is 74.9 Å². The summed E-state index contributed by atoms with van der Waals surface area (Å²) in [5.74, 6) is 0. The molecular formula is C6H14NO4S-. The maximum atomic E-state index is 9.95. The Morgan fingerprint density at radius 2 is 2.17 bits per heavy atom. The van der Waals surface area contributed by atoms with Gasteiger partial charge in [0, 0.05) is 38.1 Å². The van der Waals surface area contributed by atoms with Crippen LogP contribution in [0.5, 0.6) is 0 Å². The van der Waals surface area contributed by atoms with Gasteiger partial charge in [0.2, 0.25) is 0 Å². The summed E-state index contributed by atoms with van der Waals surface area (Å²) in [6.07, 6.45) is 0.830. The average Bonchev–Trinajstić information content (AvgIpc) is 2.02. The highest BCUT2D eigenvalue weighted by Crippen LogP contribution is 1.82. The first-order valence-corrected chi connectivity index (χ1v) is 4.74. The molecule has 0 radical (unpaired) electrons. The van der Waals surface area contributed by atoms with Gasteiger partial charge in [-0.1, -0.05) is 0 Å². The van der Waals surface area contributed by atoms with E-state index in [-0.39, 0.29) is 0 Å². The molecule has 0 aromatic carbocycles. The summed E-state index contributed by atoms with van der Waals surface area (Å²) in [5, 5.41) is 0. The van der Waals surface area contributed by atoms with Crippen LogP contribution in [0.1, 0.15) is 6.42 Å². The first-order valence-electron chi connectivity index (χ1n) is 3.67. The maximum absolute atomic E-state index is 9.95. The van der Waals surface area contributed by atoms with Gasteiger partial charge in [0.15, 0.2) is 0 Å². The Morgan fingerprint density at radius 3 is 2.75 bits per heavy atom. The number of nitrogens with one attached hydrogen (secondary N) is 1. The number of hydrogen-bond acceptors (Lipinski definition) is 4. The molecule has 6 heteroatoms. The summed E-state index contributed by atoms with van der Waals surface area (Å²) in [7, 11) is 1.63. The van der Waals surface area contributed by atoms with E-state index in [0.29, 0.717) is 26.4 Å². The Morgan fingerprint density at radius 1 is 1.42 bits per heavy atom. The van der Waals surface area contributed by atoms with E-state index in [0.717, 1.165) is 6.42 Å². The van der Waals surface area contributed by atoms with Gasteiger partial charge in [0.25, 0.3) is 0 Å². The summed E-state index contributed by atoms with van der Waals surface area (Å²) in [5.41, 5.74) is 0. The summed E-state index contributed by atoms with van der Waals surface area (Å²) in [4.78, 5) is 0. The van der Waals surface area contributed by atoms with Gasteiger partial charge < -0.3 is 14.0 Å². The molecule has 0 aromatic heterocycles. The molecule has 0 spiro atoms. The molecule has 12 heavy (non-hydrogen) atoms. The van der Waals surface area contributed by atoms with E-state index in [1.807, 2.05) is 0 Å². The predicted molar refractivity (Wildman–Crippen MR) is 44.2 cm³/mol. The molecule has 0 fully saturated rings. The van der Waals surface area contributed by atoms with E-state index in [2.05, 4.69) is 4.72 Å². The SMILES string of the molecule is COCCCOCCNS(=O)[O-]. The Kier molecular flexibility index (Phi) is 9.07. The normalized spacial score (nSPS) is 13.2. The molecule has 0 rings (SSSR count). The van der Waals surface area contributed by atoms with Crippen molar-refractivity contribution in [3.05, 3.63) is 0 Å². The summed E-state index contributed by atoms with van der Waals surface area (Å²) >= 11 is -2.18. The molecule has 0 aliphatic carbocycles. The van der Waals surface area contributed by atoms with Crippen LogP contribution in [0.15, 0.2) is 0 Å². The molecule has 0 saturated heterocycles. The molecule has 74 valence electrons. The Bertz CT molecular complexity index is 122. The minimum atomic E-state index is -2.18. The van der Waals surface area contributed by atoms with Gasteiger partial charge in [-0.3, -0.25) is 4.21 Å². The molecule has 1 unspecified atom stereocenters. The first-order chi connectivity index (χ1) is 5.77. The maximum Gasteiger partial charge on any atom is 0.0600 e. The van der Waals surface area contributed by atoms with Crippen molar-refractivity contribution < 1.29 is 18.2 Å². The van der Waals surface area contributed by atoms with Crippen LogP contribution < -0.4 is 4.72 Å². The van der Waals surface area contributed by atoms with E-state index >= 15 is 0 Å². The van der Waals surface area contributed by atoms with E-state index in [1.165, 1.54) is 0 Å². The molecule has 1 atom stereocenters. The van der Waals surface area contributed by atoms with Crippen LogP contribution in [-0.4, -0.2) is 42.2 Å². The van der Waals surface area contributed by atoms with Crippen LogP contribution in [0.25, 0.3) is 0 Å². The van der Waals surface area contributed by atoms with Crippen LogP contribution in [0.3, 0.4) is 0 Å². The zero-order chi connectivity index (χ0) is 9.23. The third-order valence-electron chi connectivity index (χ3n) is 1.10. The minimum absolute atomic E-state index is 0.323. The fourth-order valence-corrected chi connectivity index (χ4v) is 0.855. The van der Waals surface area contributed by atoms with Gasteiger partial charge in [0.1, 0.15) is 0 Å². The molecule has 0 aliphatic heterocycles. The van der Waals surface area contributed by atoms with Crippen molar-refractivity contribution in [3.8, 4) is 0 Å². The summed E-state index contributed by atoms with van der Waals surface area (Å²) < 4.78 is 32.0. The number of methoxy groups -OCH3 is 1. The van der Waals surface area contributed by atoms with Gasteiger partial charge in [-0.05, 0) is 6.42 Å². The number of hydrogen-bond donors (Lipinski definition) is 1. The van der Waals surface area contributed by atoms with Gasteiger partial charge in [-0.15, -0.1) is 0 Å². The van der Waals surface area contributed by atoms with E-state index in [4.69, 9.17) is 9.47 Å². The third-order valence-corrected chi connectivity index (χ3v) is 1.54. The van der Waals surface area contributed by atoms with Crippen LogP contribution in [0.4, 0.5) is 0 Å². The number of rotatable bonds is 8. The van der Waals surface area contributed by atoms with Crippen molar-refractivity contribution in [2.75, 3.05) is 33.5 Å². The molecule has 0 aromatic rings. The molecule has 0 aliphatic rings. The monoisotopic (exact) mass is 196 g/mol. The van der Waals surface area contributed by atoms with Crippen molar-refractivity contribution in [2.45, 2.75) is 6.42 Å². The van der Waals surface area contributed by atoms with Crippen molar-refractivity contribution >= 4 is 11.3 Å². The van der Waals surface area contributed by atoms with Gasteiger partial charge in [-0.2, -0.15) is 0 Å². The van der Waals surface area contributed by atoms with E-state index in [1.54, 1.807) is 7.11 Å². The molecule has 5 nitrogen and oxygen atoms in total. The van der Waals surface area contributed by atoms with Crippen molar-refractivity contribution in [2.24, 2.45) is 0 Å². The molecule has 0 saturated carbocycles. The quantitative estimate of drug-likeness (QED) is 0.416. The topological polar surface area (TPSA) is 70.6 Å². The van der Waals surface area contributed by atoms with Crippen LogP contribution in [0.2, 0.25) is 0 Å². The lowest BCUT2D eigenvalue weighted by Gasteiger charge is -2.07. The van der Waals surface area contributed by atoms with E-state index in [9.17, 15) is 8.76 Å². The molecular weight excluding hydrogens is 182 g/mol. The predicted octanol–water partition coefficient (Wildman–Crippen LogP) is -0.577. The standard InChI is InChI=1S/C6H15NO4S/c1-10-4-2-5-11-6-3-7-12(8)9/h7H,2-6H2,1H3,(H,8,9)/p-1. The Balaban J connectivity index is 2.86. The highest BCUT2D eigenvalue weighted by molar-refractivity contribution is 7.77. The fraction of sp³-hybridized carbons (Fsp3) is 1.00.